The second-order valence-electron chi connectivity index (χ2n) is 11.3. The molecule has 1 N–H and O–H groups in total. The fraction of sp³-hybridized carbons (Fsp3) is 0.353. The molecule has 2 fully saturated rings. The van der Waals surface area contributed by atoms with Gasteiger partial charge in [0.25, 0.3) is 5.91 Å². The van der Waals surface area contributed by atoms with Crippen LogP contribution in [0.3, 0.4) is 0 Å². The number of carbonyl (C=O) groups is 2. The highest BCUT2D eigenvalue weighted by Crippen LogP contribution is 2.34. The summed E-state index contributed by atoms with van der Waals surface area (Å²) in [6.07, 6.45) is 5.77. The molecule has 0 spiro atoms. The third-order valence-corrected chi connectivity index (χ3v) is 8.49. The van der Waals surface area contributed by atoms with Crippen LogP contribution in [0.2, 0.25) is 0 Å². The summed E-state index contributed by atoms with van der Waals surface area (Å²) in [5.41, 5.74) is 4.91. The lowest BCUT2D eigenvalue weighted by Crippen LogP contribution is -2.49. The van der Waals surface area contributed by atoms with Crippen molar-refractivity contribution in [3.05, 3.63) is 113 Å². The van der Waals surface area contributed by atoms with Gasteiger partial charge in [-0.05, 0) is 67.0 Å². The number of piperidine rings is 1. The normalized spacial score (nSPS) is 22.8. The fourth-order valence-electron chi connectivity index (χ4n) is 6.44. The Balaban J connectivity index is 1.20. The van der Waals surface area contributed by atoms with Crippen molar-refractivity contribution in [2.24, 2.45) is 0 Å². The van der Waals surface area contributed by atoms with Crippen molar-refractivity contribution in [1.29, 1.82) is 0 Å². The van der Waals surface area contributed by atoms with Gasteiger partial charge < -0.3 is 15.0 Å². The zero-order valence-electron chi connectivity index (χ0n) is 22.9. The monoisotopic (exact) mass is 535 g/mol. The van der Waals surface area contributed by atoms with E-state index in [0.717, 1.165) is 49.4 Å². The van der Waals surface area contributed by atoms with E-state index in [1.54, 1.807) is 4.90 Å². The molecular weight excluding hydrogens is 498 g/mol. The van der Waals surface area contributed by atoms with Gasteiger partial charge in [0.2, 0.25) is 5.91 Å². The van der Waals surface area contributed by atoms with Crippen LogP contribution in [0.15, 0.2) is 91.1 Å². The average molecular weight is 536 g/mol. The highest BCUT2D eigenvalue weighted by Gasteiger charge is 2.38. The molecule has 3 aliphatic rings. The summed E-state index contributed by atoms with van der Waals surface area (Å²) in [5.74, 6) is 0.573. The smallest absolute Gasteiger partial charge is 0.255 e. The van der Waals surface area contributed by atoms with Crippen molar-refractivity contribution in [2.75, 3.05) is 0 Å². The molecule has 0 radical (unpaired) electrons. The molecule has 40 heavy (non-hydrogen) atoms. The number of hydrogen-bond donors (Lipinski definition) is 1. The van der Waals surface area contributed by atoms with Crippen molar-refractivity contribution in [3.63, 3.8) is 0 Å². The third kappa shape index (κ3) is 5.68. The van der Waals surface area contributed by atoms with Crippen LogP contribution in [0.1, 0.15) is 65.6 Å². The van der Waals surface area contributed by atoms with Crippen LogP contribution in [-0.2, 0) is 24.4 Å². The Hall–Kier alpha value is -3.90. The van der Waals surface area contributed by atoms with Gasteiger partial charge in [0.05, 0.1) is 0 Å². The summed E-state index contributed by atoms with van der Waals surface area (Å²) in [4.78, 5) is 30.0. The van der Waals surface area contributed by atoms with Crippen LogP contribution in [0, 0.1) is 0 Å². The highest BCUT2D eigenvalue weighted by molar-refractivity contribution is 6.01. The molecule has 3 atom stereocenters. The summed E-state index contributed by atoms with van der Waals surface area (Å²) >= 11 is 0. The van der Waals surface area contributed by atoms with E-state index in [2.05, 4.69) is 77.5 Å². The van der Waals surface area contributed by atoms with Crippen LogP contribution in [-0.4, -0.2) is 39.8 Å². The van der Waals surface area contributed by atoms with E-state index >= 15 is 0 Å². The Morgan fingerprint density at radius 2 is 1.55 bits per heavy atom. The predicted octanol–water partition coefficient (Wildman–Crippen LogP) is 5.83. The molecule has 1 saturated carbocycles. The van der Waals surface area contributed by atoms with Crippen molar-refractivity contribution < 1.29 is 14.3 Å². The average Bonchev–Trinajstić information content (AvgIpc) is 3.29. The maximum absolute atomic E-state index is 13.2. The lowest BCUT2D eigenvalue weighted by atomic mass is 9.90. The van der Waals surface area contributed by atoms with E-state index in [9.17, 15) is 9.59 Å². The molecule has 1 aliphatic carbocycles. The van der Waals surface area contributed by atoms with E-state index in [0.29, 0.717) is 24.9 Å². The van der Waals surface area contributed by atoms with Crippen molar-refractivity contribution in [2.45, 2.75) is 76.3 Å². The Bertz CT molecular complexity index is 1330. The highest BCUT2D eigenvalue weighted by atomic mass is 16.5. The van der Waals surface area contributed by atoms with Gasteiger partial charge in [0.15, 0.2) is 0 Å². The predicted molar refractivity (Wildman–Crippen MR) is 155 cm³/mol. The van der Waals surface area contributed by atoms with Gasteiger partial charge in [-0.1, -0.05) is 73.7 Å². The van der Waals surface area contributed by atoms with Gasteiger partial charge in [-0.3, -0.25) is 14.5 Å². The number of ether oxygens (including phenoxy) is 1. The molecule has 6 heteroatoms. The Morgan fingerprint density at radius 1 is 0.875 bits per heavy atom. The maximum atomic E-state index is 13.2. The van der Waals surface area contributed by atoms with Crippen molar-refractivity contribution in [3.8, 4) is 5.75 Å². The number of hydrogen-bond acceptors (Lipinski definition) is 4. The van der Waals surface area contributed by atoms with Crippen LogP contribution >= 0.6 is 0 Å². The Labute approximate surface area is 236 Å². The zero-order chi connectivity index (χ0) is 27.5. The van der Waals surface area contributed by atoms with Gasteiger partial charge in [0, 0.05) is 36.9 Å². The molecule has 3 aromatic rings. The van der Waals surface area contributed by atoms with E-state index < -0.39 is 6.04 Å². The van der Waals surface area contributed by atoms with E-state index in [1.807, 2.05) is 18.2 Å². The number of allylic oxidation sites excluding steroid dienone is 1. The number of carbonyl (C=O) groups excluding carboxylic acids is 2. The van der Waals surface area contributed by atoms with Crippen molar-refractivity contribution >= 4 is 11.8 Å². The quantitative estimate of drug-likeness (QED) is 0.395. The summed E-state index contributed by atoms with van der Waals surface area (Å²) < 4.78 is 6.74. The zero-order valence-corrected chi connectivity index (χ0v) is 22.9. The number of nitrogens with zero attached hydrogens (tertiary/aromatic N) is 2. The van der Waals surface area contributed by atoms with E-state index in [-0.39, 0.29) is 24.0 Å². The molecule has 2 aliphatic heterocycles. The minimum Gasteiger partial charge on any atom is -0.489 e. The van der Waals surface area contributed by atoms with Crippen LogP contribution in [0.5, 0.6) is 5.75 Å². The Kier molecular flexibility index (Phi) is 7.69. The number of amides is 2. The first-order valence-corrected chi connectivity index (χ1v) is 14.5. The molecule has 3 aromatic carbocycles. The first kappa shape index (κ1) is 26.3. The third-order valence-electron chi connectivity index (χ3n) is 8.49. The summed E-state index contributed by atoms with van der Waals surface area (Å²) in [6.45, 7) is 6.02. The van der Waals surface area contributed by atoms with Crippen LogP contribution in [0.25, 0.3) is 0 Å². The first-order chi connectivity index (χ1) is 19.5. The van der Waals surface area contributed by atoms with Crippen LogP contribution in [0.4, 0.5) is 0 Å². The Morgan fingerprint density at radius 3 is 2.23 bits per heavy atom. The summed E-state index contributed by atoms with van der Waals surface area (Å²) in [6, 6.07) is 27.0. The summed E-state index contributed by atoms with van der Waals surface area (Å²) in [5, 5.41) is 2.81. The minimum atomic E-state index is -0.456. The fourth-order valence-corrected chi connectivity index (χ4v) is 6.44. The number of benzene rings is 3. The molecule has 206 valence electrons. The van der Waals surface area contributed by atoms with Gasteiger partial charge >= 0.3 is 0 Å². The largest absolute Gasteiger partial charge is 0.489 e. The molecule has 2 heterocycles. The van der Waals surface area contributed by atoms with Crippen molar-refractivity contribution in [1.82, 2.24) is 15.1 Å². The number of nitrogens with one attached hydrogen (secondary N) is 1. The van der Waals surface area contributed by atoms with Crippen LogP contribution < -0.4 is 10.1 Å². The summed E-state index contributed by atoms with van der Waals surface area (Å²) in [7, 11) is 0. The number of fused-ring (bicyclic) bond motifs is 1. The number of rotatable bonds is 8. The molecule has 0 aromatic heterocycles. The second-order valence-corrected chi connectivity index (χ2v) is 11.3. The molecule has 6 nitrogen and oxygen atoms in total. The molecule has 2 amide bonds. The van der Waals surface area contributed by atoms with Gasteiger partial charge in [-0.25, -0.2) is 0 Å². The lowest BCUT2D eigenvalue weighted by Gasteiger charge is -2.40. The van der Waals surface area contributed by atoms with Gasteiger partial charge in [-0.15, -0.1) is 0 Å². The molecule has 1 saturated heterocycles. The van der Waals surface area contributed by atoms with E-state index in [1.165, 1.54) is 17.5 Å². The maximum Gasteiger partial charge on any atom is 0.255 e. The molecule has 6 rings (SSSR count). The minimum absolute atomic E-state index is 0.0579. The van der Waals surface area contributed by atoms with Gasteiger partial charge in [0.1, 0.15) is 17.9 Å². The molecule has 1 unspecified atom stereocenters. The topological polar surface area (TPSA) is 61.9 Å². The second kappa shape index (κ2) is 11.7. The van der Waals surface area contributed by atoms with E-state index in [4.69, 9.17) is 4.74 Å². The molecular formula is C34H37N3O3. The lowest BCUT2D eigenvalue weighted by molar-refractivity contribution is -0.126. The standard InChI is InChI=1S/C34H37N3O3/c1-24-16-19-31(33(38)35-24)37-23-27-20-28(17-18-29(27)34(37)39)40-32-15-9-8-14-30(32)36(21-25-10-4-2-5-11-25)22-26-12-6-3-7-13-26/h2-7,10-13,17-18,20,30-32H,1,8-9,14-16,19,21-23H2,(H,35,38)/t30-,31?,32+/m1/s1. The molecule has 0 bridgehead atoms. The first-order valence-electron chi connectivity index (χ1n) is 14.5. The SMILES string of the molecule is C=C1CCC(N2Cc3cc(O[C@H]4CCCC[C@H]4N(Cc4ccccc4)Cc4ccccc4)ccc3C2=O)C(=O)N1. The van der Waals surface area contributed by atoms with Gasteiger partial charge in [-0.2, -0.15) is 0 Å².